The maximum Gasteiger partial charge on any atom is 0.305 e. The number of rotatable bonds is 3. The molecule has 0 fully saturated rings. The van der Waals surface area contributed by atoms with Crippen LogP contribution in [0.2, 0.25) is 0 Å². The summed E-state index contributed by atoms with van der Waals surface area (Å²) in [7, 11) is 0. The molecule has 0 saturated heterocycles. The number of amides is 1. The number of anilines is 1. The second-order valence-corrected chi connectivity index (χ2v) is 3.29. The molecule has 3 N–H and O–H groups in total. The van der Waals surface area contributed by atoms with E-state index in [1.54, 1.807) is 13.0 Å². The minimum Gasteiger partial charge on any atom is -0.459 e. The zero-order valence-electron chi connectivity index (χ0n) is 8.98. The summed E-state index contributed by atoms with van der Waals surface area (Å²) in [6.07, 6.45) is 1.39. The molecule has 1 amide bonds. The minimum absolute atomic E-state index is 0.160. The van der Waals surface area contributed by atoms with Gasteiger partial charge in [0.15, 0.2) is 5.76 Å². The standard InChI is InChI=1S/C10H10N4O3/c1-6-5-8(15)12-10(11-6)14-13-9(16)7-3-2-4-17-7/h2-5H,1H3,(H,13,16)(H2,11,12,14,15). The number of nitrogens with one attached hydrogen (secondary N) is 3. The van der Waals surface area contributed by atoms with Crippen molar-refractivity contribution in [3.63, 3.8) is 0 Å². The summed E-state index contributed by atoms with van der Waals surface area (Å²) in [5, 5.41) is 0. The van der Waals surface area contributed by atoms with Crippen molar-refractivity contribution in [1.29, 1.82) is 0 Å². The van der Waals surface area contributed by atoms with Crippen LogP contribution in [0.1, 0.15) is 16.2 Å². The van der Waals surface area contributed by atoms with E-state index in [2.05, 4.69) is 20.8 Å². The van der Waals surface area contributed by atoms with Gasteiger partial charge in [-0.25, -0.2) is 4.98 Å². The third-order valence-corrected chi connectivity index (χ3v) is 1.91. The zero-order valence-corrected chi connectivity index (χ0v) is 8.98. The van der Waals surface area contributed by atoms with E-state index in [9.17, 15) is 9.59 Å². The number of hydrogen-bond acceptors (Lipinski definition) is 5. The fraction of sp³-hybridized carbons (Fsp3) is 0.100. The number of H-pyrrole nitrogens is 1. The van der Waals surface area contributed by atoms with Gasteiger partial charge in [-0.1, -0.05) is 0 Å². The van der Waals surface area contributed by atoms with Crippen LogP contribution in [0, 0.1) is 6.92 Å². The molecule has 2 aromatic heterocycles. The first kappa shape index (κ1) is 10.9. The van der Waals surface area contributed by atoms with Crippen LogP contribution in [-0.4, -0.2) is 15.9 Å². The smallest absolute Gasteiger partial charge is 0.305 e. The zero-order chi connectivity index (χ0) is 12.3. The lowest BCUT2D eigenvalue weighted by Gasteiger charge is -2.05. The molecule has 0 spiro atoms. The number of hydrogen-bond donors (Lipinski definition) is 3. The Morgan fingerprint density at radius 1 is 1.53 bits per heavy atom. The van der Waals surface area contributed by atoms with Gasteiger partial charge in [-0.15, -0.1) is 0 Å². The number of furan rings is 1. The van der Waals surface area contributed by atoms with Crippen molar-refractivity contribution in [3.8, 4) is 0 Å². The van der Waals surface area contributed by atoms with Crippen LogP contribution in [0.3, 0.4) is 0 Å². The average Bonchev–Trinajstić information content (AvgIpc) is 2.78. The Morgan fingerprint density at radius 2 is 2.35 bits per heavy atom. The molecule has 0 atom stereocenters. The highest BCUT2D eigenvalue weighted by Gasteiger charge is 2.07. The van der Waals surface area contributed by atoms with Crippen molar-refractivity contribution >= 4 is 11.9 Å². The molecule has 0 saturated carbocycles. The summed E-state index contributed by atoms with van der Waals surface area (Å²) in [6, 6.07) is 4.46. The Kier molecular flexibility index (Phi) is 2.91. The third kappa shape index (κ3) is 2.71. The van der Waals surface area contributed by atoms with Crippen LogP contribution < -0.4 is 16.4 Å². The van der Waals surface area contributed by atoms with Crippen LogP contribution >= 0.6 is 0 Å². The first-order chi connectivity index (χ1) is 8.15. The Labute approximate surface area is 95.8 Å². The molecule has 0 aliphatic heterocycles. The topological polar surface area (TPSA) is 100 Å². The van der Waals surface area contributed by atoms with E-state index in [1.807, 2.05) is 0 Å². The number of aromatic nitrogens is 2. The van der Waals surface area contributed by atoms with Crippen molar-refractivity contribution in [2.75, 3.05) is 5.43 Å². The normalized spacial score (nSPS) is 9.94. The van der Waals surface area contributed by atoms with Crippen molar-refractivity contribution in [2.45, 2.75) is 6.92 Å². The predicted molar refractivity (Wildman–Crippen MR) is 59.4 cm³/mol. The Bertz CT molecular complexity index is 573. The van der Waals surface area contributed by atoms with Gasteiger partial charge < -0.3 is 4.42 Å². The molecule has 0 aliphatic rings. The van der Waals surface area contributed by atoms with E-state index < -0.39 is 5.91 Å². The van der Waals surface area contributed by atoms with Crippen molar-refractivity contribution in [1.82, 2.24) is 15.4 Å². The molecule has 2 heterocycles. The van der Waals surface area contributed by atoms with Gasteiger partial charge in [0, 0.05) is 11.8 Å². The first-order valence-corrected chi connectivity index (χ1v) is 4.83. The van der Waals surface area contributed by atoms with Gasteiger partial charge in [-0.3, -0.25) is 25.4 Å². The monoisotopic (exact) mass is 234 g/mol. The second kappa shape index (κ2) is 4.52. The maximum absolute atomic E-state index is 11.5. The van der Waals surface area contributed by atoms with Crippen LogP contribution in [0.25, 0.3) is 0 Å². The summed E-state index contributed by atoms with van der Waals surface area (Å²) in [6.45, 7) is 1.68. The molecular formula is C10H10N4O3. The van der Waals surface area contributed by atoms with E-state index in [-0.39, 0.29) is 17.3 Å². The van der Waals surface area contributed by atoms with E-state index in [1.165, 1.54) is 18.4 Å². The SMILES string of the molecule is Cc1cc(=O)[nH]c(NNC(=O)c2ccco2)n1. The Balaban J connectivity index is 2.03. The summed E-state index contributed by atoms with van der Waals surface area (Å²) in [5.41, 5.74) is 5.07. The third-order valence-electron chi connectivity index (χ3n) is 1.91. The highest BCUT2D eigenvalue weighted by molar-refractivity contribution is 5.91. The van der Waals surface area contributed by atoms with Crippen LogP contribution in [0.5, 0.6) is 0 Å². The van der Waals surface area contributed by atoms with Gasteiger partial charge in [-0.2, -0.15) is 0 Å². The average molecular weight is 234 g/mol. The first-order valence-electron chi connectivity index (χ1n) is 4.83. The molecule has 0 aliphatic carbocycles. The number of nitrogens with zero attached hydrogens (tertiary/aromatic N) is 1. The highest BCUT2D eigenvalue weighted by atomic mass is 16.3. The quantitative estimate of drug-likeness (QED) is 0.668. The molecule has 7 nitrogen and oxygen atoms in total. The molecule has 17 heavy (non-hydrogen) atoms. The van der Waals surface area contributed by atoms with Crippen molar-refractivity contribution < 1.29 is 9.21 Å². The van der Waals surface area contributed by atoms with Gasteiger partial charge in [0.05, 0.1) is 6.26 Å². The highest BCUT2D eigenvalue weighted by Crippen LogP contribution is 1.99. The number of carbonyl (C=O) groups is 1. The molecule has 7 heteroatoms. The maximum atomic E-state index is 11.5. The van der Waals surface area contributed by atoms with E-state index >= 15 is 0 Å². The summed E-state index contributed by atoms with van der Waals surface area (Å²) in [4.78, 5) is 29.0. The largest absolute Gasteiger partial charge is 0.459 e. The van der Waals surface area contributed by atoms with Gasteiger partial charge in [0.25, 0.3) is 5.56 Å². The lowest BCUT2D eigenvalue weighted by molar-refractivity contribution is 0.0935. The van der Waals surface area contributed by atoms with Crippen LogP contribution in [0.4, 0.5) is 5.95 Å². The van der Waals surface area contributed by atoms with Gasteiger partial charge >= 0.3 is 5.91 Å². The molecule has 2 aromatic rings. The molecule has 2 rings (SSSR count). The Hall–Kier alpha value is -2.57. The molecule has 0 radical (unpaired) electrons. The summed E-state index contributed by atoms with van der Waals surface area (Å²) < 4.78 is 4.89. The summed E-state index contributed by atoms with van der Waals surface area (Å²) in [5.74, 6) is -0.137. The lowest BCUT2D eigenvalue weighted by atomic mass is 10.4. The Morgan fingerprint density at radius 3 is 3.00 bits per heavy atom. The fourth-order valence-corrected chi connectivity index (χ4v) is 1.22. The lowest BCUT2D eigenvalue weighted by Crippen LogP contribution is -2.31. The number of carbonyl (C=O) groups excluding carboxylic acids is 1. The summed E-state index contributed by atoms with van der Waals surface area (Å²) >= 11 is 0. The fourth-order valence-electron chi connectivity index (χ4n) is 1.22. The second-order valence-electron chi connectivity index (χ2n) is 3.29. The minimum atomic E-state index is -0.459. The molecule has 0 bridgehead atoms. The van der Waals surface area contributed by atoms with E-state index in [0.29, 0.717) is 5.69 Å². The predicted octanol–water partition coefficient (Wildman–Crippen LogP) is 0.428. The van der Waals surface area contributed by atoms with Gasteiger partial charge in [0.1, 0.15) is 0 Å². The molecule has 88 valence electrons. The van der Waals surface area contributed by atoms with Gasteiger partial charge in [0.2, 0.25) is 5.95 Å². The number of hydrazine groups is 1. The van der Waals surface area contributed by atoms with E-state index in [4.69, 9.17) is 4.42 Å². The molecular weight excluding hydrogens is 224 g/mol. The van der Waals surface area contributed by atoms with Gasteiger partial charge in [-0.05, 0) is 19.1 Å². The van der Waals surface area contributed by atoms with E-state index in [0.717, 1.165) is 0 Å². The molecule has 0 aromatic carbocycles. The molecule has 0 unspecified atom stereocenters. The van der Waals surface area contributed by atoms with Crippen LogP contribution in [-0.2, 0) is 0 Å². The van der Waals surface area contributed by atoms with Crippen molar-refractivity contribution in [3.05, 3.63) is 46.3 Å². The van der Waals surface area contributed by atoms with Crippen molar-refractivity contribution in [2.24, 2.45) is 0 Å². The number of aromatic amines is 1. The van der Waals surface area contributed by atoms with Crippen LogP contribution in [0.15, 0.2) is 33.7 Å². The number of aryl methyl sites for hydroxylation is 1.